The molecule has 5 heteroatoms. The Kier molecular flexibility index (Phi) is 6.12. The molecule has 5 nitrogen and oxygen atoms in total. The smallest absolute Gasteiger partial charge is 0.405 e. The molecule has 2 fully saturated rings. The van der Waals surface area contributed by atoms with Crippen molar-refractivity contribution in [3.63, 3.8) is 0 Å². The Balaban J connectivity index is 1.36. The van der Waals surface area contributed by atoms with E-state index in [2.05, 4.69) is 29.6 Å². The molecule has 1 aromatic carbocycles. The van der Waals surface area contributed by atoms with Gasteiger partial charge in [0.05, 0.1) is 0 Å². The Morgan fingerprint density at radius 3 is 2.55 bits per heavy atom. The molecule has 158 valence electrons. The van der Waals surface area contributed by atoms with E-state index in [1.54, 1.807) is 0 Å². The van der Waals surface area contributed by atoms with E-state index in [4.69, 9.17) is 0 Å². The number of hydrogen-bond acceptors (Lipinski definition) is 2. The van der Waals surface area contributed by atoms with E-state index in [0.717, 1.165) is 38.8 Å². The van der Waals surface area contributed by atoms with E-state index in [9.17, 15) is 14.7 Å². The van der Waals surface area contributed by atoms with Crippen LogP contribution in [-0.4, -0.2) is 41.1 Å². The highest BCUT2D eigenvalue weighted by molar-refractivity contribution is 5.85. The lowest BCUT2D eigenvalue weighted by molar-refractivity contribution is -0.135. The first-order valence-corrected chi connectivity index (χ1v) is 11.4. The zero-order valence-electron chi connectivity index (χ0n) is 17.4. The van der Waals surface area contributed by atoms with Gasteiger partial charge in [0.25, 0.3) is 0 Å². The van der Waals surface area contributed by atoms with Gasteiger partial charge in [-0.3, -0.25) is 4.79 Å². The van der Waals surface area contributed by atoms with E-state index in [-0.39, 0.29) is 11.3 Å². The lowest BCUT2D eigenvalue weighted by atomic mass is 9.73. The summed E-state index contributed by atoms with van der Waals surface area (Å²) in [7, 11) is 0. The summed E-state index contributed by atoms with van der Waals surface area (Å²) < 4.78 is 0. The predicted molar refractivity (Wildman–Crippen MR) is 113 cm³/mol. The Labute approximate surface area is 173 Å². The first-order chi connectivity index (χ1) is 14.1. The van der Waals surface area contributed by atoms with E-state index >= 15 is 0 Å². The fourth-order valence-corrected chi connectivity index (χ4v) is 5.94. The molecule has 1 aromatic rings. The number of carbonyl (C=O) groups is 2. The van der Waals surface area contributed by atoms with Gasteiger partial charge in [-0.2, -0.15) is 0 Å². The highest BCUT2D eigenvalue weighted by Crippen LogP contribution is 2.46. The average molecular weight is 399 g/mol. The number of carbonyl (C=O) groups excluding carboxylic acids is 1. The molecule has 1 aliphatic heterocycles. The van der Waals surface area contributed by atoms with Gasteiger partial charge in [-0.15, -0.1) is 0 Å². The third-order valence-corrected chi connectivity index (χ3v) is 7.68. The van der Waals surface area contributed by atoms with Crippen LogP contribution in [0.2, 0.25) is 0 Å². The molecule has 1 saturated carbocycles. The van der Waals surface area contributed by atoms with Gasteiger partial charge in [0.15, 0.2) is 0 Å². The summed E-state index contributed by atoms with van der Waals surface area (Å²) in [4.78, 5) is 26.4. The van der Waals surface area contributed by atoms with Crippen molar-refractivity contribution in [1.29, 1.82) is 0 Å². The minimum atomic E-state index is -1.09. The van der Waals surface area contributed by atoms with E-state index < -0.39 is 12.1 Å². The van der Waals surface area contributed by atoms with Crippen molar-refractivity contribution in [3.8, 4) is 0 Å². The van der Waals surface area contributed by atoms with Crippen LogP contribution in [0.25, 0.3) is 0 Å². The molecule has 1 saturated heterocycles. The third-order valence-electron chi connectivity index (χ3n) is 7.68. The van der Waals surface area contributed by atoms with Crippen molar-refractivity contribution < 1.29 is 14.7 Å². The van der Waals surface area contributed by atoms with Gasteiger partial charge in [-0.05, 0) is 61.0 Å². The van der Waals surface area contributed by atoms with Crippen molar-refractivity contribution in [1.82, 2.24) is 10.2 Å². The number of rotatable bonds is 5. The van der Waals surface area contributed by atoms with Crippen LogP contribution in [0.5, 0.6) is 0 Å². The predicted octanol–water partition coefficient (Wildman–Crippen LogP) is 4.49. The first-order valence-electron chi connectivity index (χ1n) is 11.4. The molecular formula is C24H34N2O3. The number of piperidine rings is 1. The van der Waals surface area contributed by atoms with Crippen LogP contribution in [0.15, 0.2) is 24.3 Å². The zero-order chi connectivity index (χ0) is 20.3. The molecule has 2 amide bonds. The number of amides is 2. The molecule has 1 heterocycles. The summed E-state index contributed by atoms with van der Waals surface area (Å²) in [6, 6.07) is 8.14. The highest BCUT2D eigenvalue weighted by atomic mass is 16.4. The molecule has 0 unspecified atom stereocenters. The summed E-state index contributed by atoms with van der Waals surface area (Å²) in [5.41, 5.74) is 3.15. The van der Waals surface area contributed by atoms with Gasteiger partial charge in [-0.25, -0.2) is 4.79 Å². The Bertz CT molecular complexity index is 733. The van der Waals surface area contributed by atoms with E-state index in [1.165, 1.54) is 49.7 Å². The monoisotopic (exact) mass is 398 g/mol. The summed E-state index contributed by atoms with van der Waals surface area (Å²) in [6.45, 7) is 1.46. The second-order valence-corrected chi connectivity index (χ2v) is 9.35. The van der Waals surface area contributed by atoms with Crippen LogP contribution < -0.4 is 5.32 Å². The number of likely N-dealkylation sites (tertiary alicyclic amines) is 1. The molecule has 3 aliphatic rings. The van der Waals surface area contributed by atoms with Gasteiger partial charge in [0.1, 0.15) is 6.04 Å². The van der Waals surface area contributed by atoms with Crippen molar-refractivity contribution in [3.05, 3.63) is 35.4 Å². The minimum Gasteiger partial charge on any atom is -0.465 e. The second kappa shape index (κ2) is 8.76. The Hall–Kier alpha value is -2.04. The normalized spacial score (nSPS) is 22.3. The number of nitrogens with zero attached hydrogens (tertiary/aromatic N) is 1. The number of carboxylic acid groups (broad SMARTS) is 1. The fraction of sp³-hybridized carbons (Fsp3) is 0.667. The van der Waals surface area contributed by atoms with Crippen LogP contribution in [0.4, 0.5) is 4.79 Å². The number of aryl methyl sites for hydroxylation is 1. The summed E-state index contributed by atoms with van der Waals surface area (Å²) in [6.07, 6.45) is 11.0. The third kappa shape index (κ3) is 4.44. The van der Waals surface area contributed by atoms with E-state index in [1.807, 2.05) is 4.90 Å². The van der Waals surface area contributed by atoms with Crippen LogP contribution in [-0.2, 0) is 16.6 Å². The van der Waals surface area contributed by atoms with Crippen LogP contribution in [0.1, 0.15) is 75.3 Å². The highest BCUT2D eigenvalue weighted by Gasteiger charge is 2.42. The van der Waals surface area contributed by atoms with Crippen LogP contribution in [0.3, 0.4) is 0 Å². The number of benzene rings is 1. The molecule has 0 bridgehead atoms. The molecule has 0 radical (unpaired) electrons. The lowest BCUT2D eigenvalue weighted by Gasteiger charge is -2.41. The van der Waals surface area contributed by atoms with Crippen molar-refractivity contribution >= 4 is 12.0 Å². The largest absolute Gasteiger partial charge is 0.465 e. The summed E-state index contributed by atoms with van der Waals surface area (Å²) >= 11 is 0. The quantitative estimate of drug-likeness (QED) is 0.768. The van der Waals surface area contributed by atoms with Gasteiger partial charge in [0, 0.05) is 13.1 Å². The zero-order valence-corrected chi connectivity index (χ0v) is 17.4. The van der Waals surface area contributed by atoms with Gasteiger partial charge < -0.3 is 15.3 Å². The van der Waals surface area contributed by atoms with Crippen molar-refractivity contribution in [2.24, 2.45) is 5.92 Å². The molecular weight excluding hydrogens is 364 g/mol. The maximum absolute atomic E-state index is 13.2. The van der Waals surface area contributed by atoms with Gasteiger partial charge >= 0.3 is 6.09 Å². The lowest BCUT2D eigenvalue weighted by Crippen LogP contribution is -2.52. The SMILES string of the molecule is O=C(O)N[C@H](CCC1CCCCC1)C(=O)N1CCC2(CCc3ccccc32)CC1. The molecule has 4 rings (SSSR count). The van der Waals surface area contributed by atoms with Gasteiger partial charge in [0.2, 0.25) is 5.91 Å². The number of nitrogens with one attached hydrogen (secondary N) is 1. The average Bonchev–Trinajstić information content (AvgIpc) is 3.10. The summed E-state index contributed by atoms with van der Waals surface area (Å²) in [5, 5.41) is 11.8. The van der Waals surface area contributed by atoms with Crippen molar-refractivity contribution in [2.45, 2.75) is 82.1 Å². The maximum atomic E-state index is 13.2. The molecule has 1 spiro atoms. The standard InChI is InChI=1S/C24H34N2O3/c27-22(21(25-23(28)29)11-10-18-6-2-1-3-7-18)26-16-14-24(15-17-26)13-12-19-8-4-5-9-20(19)24/h4-5,8-9,18,21,25H,1-3,6-7,10-17H2,(H,28,29)/t21-/m1/s1. The molecule has 2 aliphatic carbocycles. The molecule has 0 aromatic heterocycles. The van der Waals surface area contributed by atoms with Crippen LogP contribution in [0, 0.1) is 5.92 Å². The summed E-state index contributed by atoms with van der Waals surface area (Å²) in [5.74, 6) is 0.624. The Morgan fingerprint density at radius 2 is 1.83 bits per heavy atom. The topological polar surface area (TPSA) is 69.6 Å². The van der Waals surface area contributed by atoms with Crippen LogP contribution >= 0.6 is 0 Å². The molecule has 29 heavy (non-hydrogen) atoms. The number of fused-ring (bicyclic) bond motifs is 2. The molecule has 1 atom stereocenters. The first kappa shape index (κ1) is 20.2. The second-order valence-electron chi connectivity index (χ2n) is 9.35. The van der Waals surface area contributed by atoms with E-state index in [0.29, 0.717) is 12.3 Å². The maximum Gasteiger partial charge on any atom is 0.405 e. The van der Waals surface area contributed by atoms with Gasteiger partial charge in [-0.1, -0.05) is 56.4 Å². The fourth-order valence-electron chi connectivity index (χ4n) is 5.94. The minimum absolute atomic E-state index is 0.0238. The molecule has 2 N–H and O–H groups in total. The number of hydrogen-bond donors (Lipinski definition) is 2. The van der Waals surface area contributed by atoms with Crippen molar-refractivity contribution in [2.75, 3.05) is 13.1 Å². The Morgan fingerprint density at radius 1 is 1.10 bits per heavy atom.